The number of aromatic nitrogens is 3. The van der Waals surface area contributed by atoms with Gasteiger partial charge in [-0.25, -0.2) is 9.97 Å². The number of carbonyl (C=O) groups is 1. The summed E-state index contributed by atoms with van der Waals surface area (Å²) in [6.45, 7) is 6.89. The highest BCUT2D eigenvalue weighted by Gasteiger charge is 2.22. The molecule has 0 aliphatic carbocycles. The molecule has 1 aromatic carbocycles. The molecule has 4 aromatic rings. The van der Waals surface area contributed by atoms with E-state index in [2.05, 4.69) is 58.3 Å². The van der Waals surface area contributed by atoms with E-state index in [0.717, 1.165) is 22.6 Å². The van der Waals surface area contributed by atoms with E-state index in [1.54, 1.807) is 18.5 Å². The number of likely N-dealkylation sites (tertiary alicyclic amines) is 1. The van der Waals surface area contributed by atoms with Gasteiger partial charge >= 0.3 is 0 Å². The fraction of sp³-hybridized carbons (Fsp3) is 0.320. The molecule has 1 saturated heterocycles. The molecule has 1 amide bonds. The maximum absolute atomic E-state index is 11.5. The molecule has 0 bridgehead atoms. The lowest BCUT2D eigenvalue weighted by molar-refractivity contribution is 0.100. The Labute approximate surface area is 197 Å². The van der Waals surface area contributed by atoms with Gasteiger partial charge in [0, 0.05) is 35.1 Å². The summed E-state index contributed by atoms with van der Waals surface area (Å²) >= 11 is 1.33. The van der Waals surface area contributed by atoms with E-state index in [0.29, 0.717) is 22.7 Å². The zero-order chi connectivity index (χ0) is 22.9. The normalized spacial score (nSPS) is 15.4. The van der Waals surface area contributed by atoms with Gasteiger partial charge < -0.3 is 16.0 Å². The van der Waals surface area contributed by atoms with Crippen molar-refractivity contribution in [2.45, 2.75) is 38.6 Å². The average molecular weight is 461 g/mol. The predicted molar refractivity (Wildman–Crippen MR) is 133 cm³/mol. The molecule has 0 saturated carbocycles. The van der Waals surface area contributed by atoms with Gasteiger partial charge in [-0.05, 0) is 69.5 Å². The third-order valence-corrected chi connectivity index (χ3v) is 7.42. The summed E-state index contributed by atoms with van der Waals surface area (Å²) in [6.07, 6.45) is 7.86. The van der Waals surface area contributed by atoms with Crippen LogP contribution in [0.5, 0.6) is 0 Å². The topological polar surface area (TPSA) is 88.5 Å². The highest BCUT2D eigenvalue weighted by atomic mass is 32.1. The quantitative estimate of drug-likeness (QED) is 0.428. The molecule has 0 spiro atoms. The fourth-order valence-electron chi connectivity index (χ4n) is 4.54. The first kappa shape index (κ1) is 21.6. The molecule has 170 valence electrons. The van der Waals surface area contributed by atoms with Crippen molar-refractivity contribution in [1.29, 1.82) is 0 Å². The standard InChI is InChI=1S/C25H28N6OS/c1-16(2)30-10-7-18(8-11-30)17-3-5-20(6-4-17)29-24-25-27-9-12-31(25)21(14-28-24)19-13-22(23(26)32)33-15-19/h3-6,9,12-16,18H,7-8,10-11H2,1-2H3,(H2,26,32)(H,28,29). The molecule has 0 radical (unpaired) electrons. The molecule has 33 heavy (non-hydrogen) atoms. The van der Waals surface area contributed by atoms with Crippen LogP contribution in [0.2, 0.25) is 0 Å². The first-order valence-electron chi connectivity index (χ1n) is 11.3. The molecule has 5 rings (SSSR count). The minimum absolute atomic E-state index is 0.423. The van der Waals surface area contributed by atoms with Gasteiger partial charge in [-0.2, -0.15) is 0 Å². The number of amides is 1. The first-order chi connectivity index (χ1) is 16.0. The Morgan fingerprint density at radius 3 is 2.61 bits per heavy atom. The molecule has 1 aliphatic rings. The zero-order valence-electron chi connectivity index (χ0n) is 18.9. The Hall–Kier alpha value is -3.23. The zero-order valence-corrected chi connectivity index (χ0v) is 19.7. The smallest absolute Gasteiger partial charge is 0.258 e. The number of nitrogens with two attached hydrogens (primary N) is 1. The second-order valence-electron chi connectivity index (χ2n) is 8.83. The molecule has 1 fully saturated rings. The number of fused-ring (bicyclic) bond motifs is 1. The van der Waals surface area contributed by atoms with E-state index < -0.39 is 5.91 Å². The number of rotatable bonds is 6. The van der Waals surface area contributed by atoms with Crippen molar-refractivity contribution >= 4 is 34.4 Å². The Morgan fingerprint density at radius 2 is 1.94 bits per heavy atom. The highest BCUT2D eigenvalue weighted by molar-refractivity contribution is 7.12. The van der Waals surface area contributed by atoms with Crippen molar-refractivity contribution in [3.8, 4) is 11.3 Å². The van der Waals surface area contributed by atoms with Gasteiger partial charge in [-0.15, -0.1) is 11.3 Å². The summed E-state index contributed by atoms with van der Waals surface area (Å²) in [5.74, 6) is 0.891. The van der Waals surface area contributed by atoms with Crippen LogP contribution >= 0.6 is 11.3 Å². The van der Waals surface area contributed by atoms with Crippen LogP contribution in [0.25, 0.3) is 16.9 Å². The maximum Gasteiger partial charge on any atom is 0.258 e. The minimum Gasteiger partial charge on any atom is -0.365 e. The number of nitrogens with zero attached hydrogens (tertiary/aromatic N) is 4. The molecule has 3 aromatic heterocycles. The Morgan fingerprint density at radius 1 is 1.18 bits per heavy atom. The summed E-state index contributed by atoms with van der Waals surface area (Å²) < 4.78 is 1.97. The SMILES string of the molecule is CC(C)N1CCC(c2ccc(Nc3ncc(-c4csc(C(N)=O)c4)n4ccnc34)cc2)CC1. The number of thiophene rings is 1. The number of nitrogens with one attached hydrogen (secondary N) is 1. The third kappa shape index (κ3) is 4.36. The molecule has 1 aliphatic heterocycles. The van der Waals surface area contributed by atoms with Crippen LogP contribution in [0.1, 0.15) is 47.8 Å². The van der Waals surface area contributed by atoms with Crippen molar-refractivity contribution in [3.63, 3.8) is 0 Å². The summed E-state index contributed by atoms with van der Waals surface area (Å²) in [6, 6.07) is 11.1. The van der Waals surface area contributed by atoms with Crippen LogP contribution in [0.4, 0.5) is 11.5 Å². The van der Waals surface area contributed by atoms with Gasteiger partial charge in [0.1, 0.15) is 0 Å². The summed E-state index contributed by atoms with van der Waals surface area (Å²) in [4.78, 5) is 23.7. The lowest BCUT2D eigenvalue weighted by Gasteiger charge is -2.34. The van der Waals surface area contributed by atoms with Gasteiger partial charge in [-0.3, -0.25) is 9.20 Å². The molecular formula is C25H28N6OS. The van der Waals surface area contributed by atoms with E-state index in [-0.39, 0.29) is 0 Å². The average Bonchev–Trinajstić information content (AvgIpc) is 3.51. The van der Waals surface area contributed by atoms with E-state index >= 15 is 0 Å². The largest absolute Gasteiger partial charge is 0.365 e. The Kier molecular flexibility index (Phi) is 5.86. The number of imidazole rings is 1. The molecular weight excluding hydrogens is 432 g/mol. The van der Waals surface area contributed by atoms with Gasteiger partial charge in [0.25, 0.3) is 5.91 Å². The number of primary amides is 1. The maximum atomic E-state index is 11.5. The van der Waals surface area contributed by atoms with Crippen molar-refractivity contribution in [2.24, 2.45) is 5.73 Å². The van der Waals surface area contributed by atoms with Crippen LogP contribution in [0.15, 0.2) is 54.3 Å². The summed E-state index contributed by atoms with van der Waals surface area (Å²) in [5, 5.41) is 5.32. The van der Waals surface area contributed by atoms with Crippen LogP contribution < -0.4 is 11.1 Å². The van der Waals surface area contributed by atoms with Crippen molar-refractivity contribution in [3.05, 3.63) is 64.7 Å². The summed E-state index contributed by atoms with van der Waals surface area (Å²) in [5.41, 5.74) is 10.3. The van der Waals surface area contributed by atoms with Gasteiger partial charge in [0.15, 0.2) is 11.5 Å². The van der Waals surface area contributed by atoms with Gasteiger partial charge in [0.2, 0.25) is 0 Å². The molecule has 8 heteroatoms. The van der Waals surface area contributed by atoms with Crippen LogP contribution in [-0.4, -0.2) is 44.3 Å². The predicted octanol–water partition coefficient (Wildman–Crippen LogP) is 4.89. The van der Waals surface area contributed by atoms with E-state index in [9.17, 15) is 4.79 Å². The monoisotopic (exact) mass is 460 g/mol. The molecule has 0 atom stereocenters. The second-order valence-corrected chi connectivity index (χ2v) is 9.74. The third-order valence-electron chi connectivity index (χ3n) is 6.47. The highest BCUT2D eigenvalue weighted by Crippen LogP contribution is 2.31. The number of anilines is 2. The second kappa shape index (κ2) is 8.96. The van der Waals surface area contributed by atoms with Crippen LogP contribution in [0.3, 0.4) is 0 Å². The number of piperidine rings is 1. The van der Waals surface area contributed by atoms with E-state index in [4.69, 9.17) is 5.73 Å². The molecule has 3 N–H and O–H groups in total. The molecule has 4 heterocycles. The van der Waals surface area contributed by atoms with E-state index in [1.165, 1.54) is 42.8 Å². The number of hydrogen-bond acceptors (Lipinski definition) is 6. The molecule has 7 nitrogen and oxygen atoms in total. The fourth-order valence-corrected chi connectivity index (χ4v) is 5.30. The molecule has 0 unspecified atom stereocenters. The van der Waals surface area contributed by atoms with Crippen LogP contribution in [0, 0.1) is 0 Å². The van der Waals surface area contributed by atoms with Gasteiger partial charge in [-0.1, -0.05) is 12.1 Å². The number of benzene rings is 1. The first-order valence-corrected chi connectivity index (χ1v) is 12.2. The van der Waals surface area contributed by atoms with Gasteiger partial charge in [0.05, 0.1) is 16.8 Å². The number of hydrogen-bond donors (Lipinski definition) is 2. The summed E-state index contributed by atoms with van der Waals surface area (Å²) in [7, 11) is 0. The van der Waals surface area contributed by atoms with Crippen LogP contribution in [-0.2, 0) is 0 Å². The van der Waals surface area contributed by atoms with Crippen molar-refractivity contribution in [2.75, 3.05) is 18.4 Å². The number of carbonyl (C=O) groups excluding carboxylic acids is 1. The lowest BCUT2D eigenvalue weighted by atomic mass is 9.89. The van der Waals surface area contributed by atoms with Crippen molar-refractivity contribution in [1.82, 2.24) is 19.3 Å². The minimum atomic E-state index is -0.423. The lowest BCUT2D eigenvalue weighted by Crippen LogP contribution is -2.37. The Balaban J connectivity index is 1.33. The van der Waals surface area contributed by atoms with E-state index in [1.807, 2.05) is 16.0 Å². The van der Waals surface area contributed by atoms with Crippen molar-refractivity contribution < 1.29 is 4.79 Å². The Bertz CT molecular complexity index is 1270.